The minimum absolute atomic E-state index is 0.0641. The van der Waals surface area contributed by atoms with E-state index in [4.69, 9.17) is 10.8 Å². The number of rotatable bonds is 12. The van der Waals surface area contributed by atoms with Gasteiger partial charge in [-0.15, -0.1) is 0 Å². The van der Waals surface area contributed by atoms with E-state index in [2.05, 4.69) is 16.0 Å². The van der Waals surface area contributed by atoms with Crippen molar-refractivity contribution in [2.75, 3.05) is 0 Å². The molecule has 1 aromatic rings. The molecule has 0 saturated heterocycles. The number of carbonyl (C=O) groups excluding carboxylic acids is 3. The second kappa shape index (κ2) is 12.4. The van der Waals surface area contributed by atoms with E-state index >= 15 is 0 Å². The third-order valence-corrected chi connectivity index (χ3v) is 4.63. The number of nitrogens with one attached hydrogen (secondary N) is 3. The summed E-state index contributed by atoms with van der Waals surface area (Å²) in [5.41, 5.74) is 6.19. The number of amides is 3. The van der Waals surface area contributed by atoms with E-state index in [1.807, 2.05) is 0 Å². The molecule has 0 spiro atoms. The highest BCUT2D eigenvalue weighted by Gasteiger charge is 2.30. The molecule has 0 fully saturated rings. The molecule has 7 N–H and O–H groups in total. The molecule has 1 rings (SSSR count). The first-order valence-electron chi connectivity index (χ1n) is 10.1. The maximum absolute atomic E-state index is 12.7. The van der Waals surface area contributed by atoms with Gasteiger partial charge in [0.1, 0.15) is 18.1 Å². The molecule has 32 heavy (non-hydrogen) atoms. The van der Waals surface area contributed by atoms with Crippen LogP contribution in [0.4, 0.5) is 0 Å². The predicted octanol–water partition coefficient (Wildman–Crippen LogP) is -0.754. The Morgan fingerprint density at radius 3 is 1.97 bits per heavy atom. The van der Waals surface area contributed by atoms with E-state index < -0.39 is 60.2 Å². The lowest BCUT2D eigenvalue weighted by atomic mass is 10.0. The molecule has 4 unspecified atom stereocenters. The topological polar surface area (TPSA) is 188 Å². The Bertz CT molecular complexity index is 829. The van der Waals surface area contributed by atoms with Crippen molar-refractivity contribution in [1.29, 1.82) is 0 Å². The number of aliphatic carboxylic acids is 2. The minimum Gasteiger partial charge on any atom is -0.481 e. The van der Waals surface area contributed by atoms with Crippen LogP contribution in [0.15, 0.2) is 30.3 Å². The molecule has 0 saturated carbocycles. The third kappa shape index (κ3) is 8.72. The van der Waals surface area contributed by atoms with Crippen LogP contribution in [-0.2, 0) is 30.4 Å². The molecule has 0 bridgehead atoms. The van der Waals surface area contributed by atoms with Gasteiger partial charge in [-0.3, -0.25) is 19.2 Å². The Hall–Kier alpha value is -3.47. The Balaban J connectivity index is 2.78. The van der Waals surface area contributed by atoms with Crippen molar-refractivity contribution in [3.63, 3.8) is 0 Å². The summed E-state index contributed by atoms with van der Waals surface area (Å²) in [6.45, 7) is 4.69. The van der Waals surface area contributed by atoms with Crippen LogP contribution in [0.3, 0.4) is 0 Å². The van der Waals surface area contributed by atoms with Gasteiger partial charge >= 0.3 is 11.9 Å². The standard InChI is InChI=1S/C21H30N4O7/c1-11(2)17(25-18(28)12(3)23-19(29)14(22)10-16(26)27)20(30)24-15(21(31)32)9-13-7-5-4-6-8-13/h4-8,11-12,14-15,17H,9-10,22H2,1-3H3,(H,23,29)(H,24,30)(H,25,28)(H,26,27)(H,31,32). The van der Waals surface area contributed by atoms with Crippen LogP contribution >= 0.6 is 0 Å². The van der Waals surface area contributed by atoms with E-state index in [9.17, 15) is 29.1 Å². The lowest BCUT2D eigenvalue weighted by Crippen LogP contribution is -2.58. The van der Waals surface area contributed by atoms with Gasteiger partial charge in [0.05, 0.1) is 12.5 Å². The lowest BCUT2D eigenvalue weighted by Gasteiger charge is -2.26. The Morgan fingerprint density at radius 1 is 0.875 bits per heavy atom. The molecule has 0 aliphatic heterocycles. The number of hydrogen-bond acceptors (Lipinski definition) is 6. The number of benzene rings is 1. The van der Waals surface area contributed by atoms with Gasteiger partial charge in [-0.1, -0.05) is 44.2 Å². The fourth-order valence-corrected chi connectivity index (χ4v) is 2.79. The normalized spacial score (nSPS) is 14.5. The number of hydrogen-bond donors (Lipinski definition) is 6. The van der Waals surface area contributed by atoms with Gasteiger partial charge in [0.25, 0.3) is 0 Å². The van der Waals surface area contributed by atoms with E-state index in [1.54, 1.807) is 44.2 Å². The van der Waals surface area contributed by atoms with E-state index in [0.717, 1.165) is 5.56 Å². The predicted molar refractivity (Wildman–Crippen MR) is 114 cm³/mol. The SMILES string of the molecule is CC(NC(=O)C(N)CC(=O)O)C(=O)NC(C(=O)NC(Cc1ccccc1)C(=O)O)C(C)C. The van der Waals surface area contributed by atoms with Crippen LogP contribution in [0.2, 0.25) is 0 Å². The maximum atomic E-state index is 12.7. The second-order valence-corrected chi connectivity index (χ2v) is 7.75. The molecule has 0 heterocycles. The zero-order valence-electron chi connectivity index (χ0n) is 18.2. The van der Waals surface area contributed by atoms with Gasteiger partial charge in [-0.2, -0.15) is 0 Å². The molecule has 4 atom stereocenters. The molecule has 0 aliphatic carbocycles. The van der Waals surface area contributed by atoms with Crippen molar-refractivity contribution in [3.05, 3.63) is 35.9 Å². The molecule has 1 aromatic carbocycles. The van der Waals surface area contributed by atoms with Gasteiger partial charge in [0.15, 0.2) is 0 Å². The summed E-state index contributed by atoms with van der Waals surface area (Å²) in [7, 11) is 0. The minimum atomic E-state index is -1.33. The van der Waals surface area contributed by atoms with Crippen molar-refractivity contribution in [1.82, 2.24) is 16.0 Å². The summed E-state index contributed by atoms with van der Waals surface area (Å²) in [5.74, 6) is -5.08. The maximum Gasteiger partial charge on any atom is 0.326 e. The zero-order valence-corrected chi connectivity index (χ0v) is 18.2. The van der Waals surface area contributed by atoms with Gasteiger partial charge in [-0.25, -0.2) is 4.79 Å². The van der Waals surface area contributed by atoms with E-state index in [1.165, 1.54) is 6.92 Å². The van der Waals surface area contributed by atoms with Crippen LogP contribution < -0.4 is 21.7 Å². The first-order chi connectivity index (χ1) is 14.9. The summed E-state index contributed by atoms with van der Waals surface area (Å²) in [4.78, 5) is 59.4. The summed E-state index contributed by atoms with van der Waals surface area (Å²) in [6.07, 6.45) is -0.538. The largest absolute Gasteiger partial charge is 0.481 e. The van der Waals surface area contributed by atoms with E-state index in [0.29, 0.717) is 0 Å². The van der Waals surface area contributed by atoms with Crippen molar-refractivity contribution in [2.45, 2.75) is 57.8 Å². The number of nitrogens with two attached hydrogens (primary N) is 1. The highest BCUT2D eigenvalue weighted by Crippen LogP contribution is 2.07. The molecule has 176 valence electrons. The average Bonchev–Trinajstić information content (AvgIpc) is 2.70. The van der Waals surface area contributed by atoms with E-state index in [-0.39, 0.29) is 12.3 Å². The molecular weight excluding hydrogens is 420 g/mol. The van der Waals surface area contributed by atoms with Crippen LogP contribution in [0.25, 0.3) is 0 Å². The summed E-state index contributed by atoms with van der Waals surface area (Å²) in [6, 6.07) is 4.08. The number of carbonyl (C=O) groups is 5. The van der Waals surface area contributed by atoms with Crippen molar-refractivity contribution in [3.8, 4) is 0 Å². The first kappa shape index (κ1) is 26.6. The lowest BCUT2D eigenvalue weighted by molar-refractivity contribution is -0.142. The van der Waals surface area contributed by atoms with Gasteiger partial charge < -0.3 is 31.9 Å². The van der Waals surface area contributed by atoms with Crippen molar-refractivity contribution in [2.24, 2.45) is 11.7 Å². The molecule has 3 amide bonds. The molecule has 11 nitrogen and oxygen atoms in total. The first-order valence-corrected chi connectivity index (χ1v) is 10.1. The van der Waals surface area contributed by atoms with Gasteiger partial charge in [0, 0.05) is 6.42 Å². The number of carboxylic acid groups (broad SMARTS) is 2. The molecular formula is C21H30N4O7. The Morgan fingerprint density at radius 2 is 1.47 bits per heavy atom. The third-order valence-electron chi connectivity index (χ3n) is 4.63. The van der Waals surface area contributed by atoms with Crippen LogP contribution in [0.5, 0.6) is 0 Å². The average molecular weight is 450 g/mol. The quantitative estimate of drug-likeness (QED) is 0.240. The molecule has 0 aromatic heterocycles. The van der Waals surface area contributed by atoms with Crippen LogP contribution in [-0.4, -0.2) is 64.0 Å². The van der Waals surface area contributed by atoms with Crippen molar-refractivity contribution < 1.29 is 34.2 Å². The Labute approximate surface area is 185 Å². The smallest absolute Gasteiger partial charge is 0.326 e. The highest BCUT2D eigenvalue weighted by atomic mass is 16.4. The fourth-order valence-electron chi connectivity index (χ4n) is 2.79. The summed E-state index contributed by atoms with van der Waals surface area (Å²) in [5, 5.41) is 25.4. The van der Waals surface area contributed by atoms with Crippen LogP contribution in [0, 0.1) is 5.92 Å². The fraction of sp³-hybridized carbons (Fsp3) is 0.476. The zero-order chi connectivity index (χ0) is 24.4. The van der Waals surface area contributed by atoms with Crippen LogP contribution in [0.1, 0.15) is 32.8 Å². The Kier molecular flexibility index (Phi) is 10.3. The van der Waals surface area contributed by atoms with Gasteiger partial charge in [-0.05, 0) is 18.4 Å². The summed E-state index contributed by atoms with van der Waals surface area (Å²) < 4.78 is 0. The monoisotopic (exact) mass is 450 g/mol. The van der Waals surface area contributed by atoms with Gasteiger partial charge in [0.2, 0.25) is 17.7 Å². The molecule has 0 radical (unpaired) electrons. The molecule has 0 aliphatic rings. The highest BCUT2D eigenvalue weighted by molar-refractivity contribution is 5.94. The van der Waals surface area contributed by atoms with Crippen molar-refractivity contribution >= 4 is 29.7 Å². The second-order valence-electron chi connectivity index (χ2n) is 7.75. The molecule has 11 heteroatoms. The summed E-state index contributed by atoms with van der Waals surface area (Å²) >= 11 is 0. The number of carboxylic acids is 2.